The van der Waals surface area contributed by atoms with Gasteiger partial charge >= 0.3 is 0 Å². The third kappa shape index (κ3) is 5.14. The van der Waals surface area contributed by atoms with E-state index in [0.717, 1.165) is 36.2 Å². The summed E-state index contributed by atoms with van der Waals surface area (Å²) in [4.78, 5) is 17.3. The van der Waals surface area contributed by atoms with Crippen LogP contribution in [0.1, 0.15) is 41.6 Å². The topological polar surface area (TPSA) is 79.4 Å². The summed E-state index contributed by atoms with van der Waals surface area (Å²) < 4.78 is 28.3. The van der Waals surface area contributed by atoms with Crippen molar-refractivity contribution >= 4 is 37.5 Å². The van der Waals surface area contributed by atoms with Crippen LogP contribution >= 0.6 is 11.3 Å². The number of hydrogen-bond acceptors (Lipinski definition) is 5. The number of hydrogen-bond donors (Lipinski definition) is 1. The fraction of sp³-hybridized carbons (Fsp3) is 0.391. The molecule has 6 nitrogen and oxygen atoms in total. The molecule has 0 radical (unpaired) electrons. The molecule has 3 aromatic rings. The van der Waals surface area contributed by atoms with Gasteiger partial charge in [0.1, 0.15) is 0 Å². The molecule has 0 spiro atoms. The summed E-state index contributed by atoms with van der Waals surface area (Å²) in [6.07, 6.45) is 3.38. The number of aryl methyl sites for hydroxylation is 1. The molecule has 1 aliphatic rings. The van der Waals surface area contributed by atoms with Crippen molar-refractivity contribution in [3.05, 3.63) is 59.1 Å². The largest absolute Gasteiger partial charge is 0.352 e. The van der Waals surface area contributed by atoms with Gasteiger partial charge in [-0.3, -0.25) is 4.79 Å². The minimum atomic E-state index is -3.49. The Balaban J connectivity index is 1.29. The highest BCUT2D eigenvalue weighted by Gasteiger charge is 2.28. The molecule has 31 heavy (non-hydrogen) atoms. The summed E-state index contributed by atoms with van der Waals surface area (Å²) >= 11 is 1.68. The number of nitrogens with one attached hydrogen (secondary N) is 1. The summed E-state index contributed by atoms with van der Waals surface area (Å²) in [7, 11) is -3.49. The van der Waals surface area contributed by atoms with E-state index in [2.05, 4.69) is 23.3 Å². The molecule has 164 valence electrons. The number of sulfonamides is 1. The van der Waals surface area contributed by atoms with Crippen LogP contribution in [0.25, 0.3) is 10.2 Å². The first-order chi connectivity index (χ1) is 14.9. The van der Waals surface area contributed by atoms with Gasteiger partial charge in [0.05, 0.1) is 20.1 Å². The molecule has 1 aromatic heterocycles. The fourth-order valence-corrected chi connectivity index (χ4v) is 6.20. The number of carbonyl (C=O) groups is 1. The van der Waals surface area contributed by atoms with Gasteiger partial charge < -0.3 is 5.32 Å². The standard InChI is InChI=1S/C23H27N3O3S2/c1-17-12-15-26(16-13-17)31(28,29)19-10-8-18(9-11-19)23(27)24-14-4-7-22-25-20-5-2-3-6-21(20)30-22/h2-3,5-6,8-11,17H,4,7,12-16H2,1H3,(H,24,27). The number of aromatic nitrogens is 1. The number of piperidine rings is 1. The predicted octanol–water partition coefficient (Wildman–Crippen LogP) is 4.08. The van der Waals surface area contributed by atoms with Crippen molar-refractivity contribution in [3.63, 3.8) is 0 Å². The number of benzene rings is 2. The SMILES string of the molecule is CC1CCN(S(=O)(=O)c2ccc(C(=O)NCCCc3nc4ccccc4s3)cc2)CC1. The van der Waals surface area contributed by atoms with Crippen LogP contribution in [-0.2, 0) is 16.4 Å². The lowest BCUT2D eigenvalue weighted by Crippen LogP contribution is -2.37. The molecule has 0 atom stereocenters. The van der Waals surface area contributed by atoms with Crippen molar-refractivity contribution in [2.24, 2.45) is 5.92 Å². The molecule has 1 N–H and O–H groups in total. The van der Waals surface area contributed by atoms with Gasteiger partial charge in [-0.25, -0.2) is 13.4 Å². The maximum atomic E-state index is 12.8. The van der Waals surface area contributed by atoms with E-state index >= 15 is 0 Å². The Kier molecular flexibility index (Phi) is 6.69. The van der Waals surface area contributed by atoms with Gasteiger partial charge in [-0.2, -0.15) is 4.31 Å². The molecule has 1 fully saturated rings. The Hall–Kier alpha value is -2.29. The van der Waals surface area contributed by atoms with Crippen LogP contribution in [0.2, 0.25) is 0 Å². The molecule has 8 heteroatoms. The monoisotopic (exact) mass is 457 g/mol. The average molecular weight is 458 g/mol. The molecule has 1 saturated heterocycles. The highest BCUT2D eigenvalue weighted by atomic mass is 32.2. The molecule has 2 aromatic carbocycles. The minimum Gasteiger partial charge on any atom is -0.352 e. The van der Waals surface area contributed by atoms with Crippen LogP contribution in [0.15, 0.2) is 53.4 Å². The Morgan fingerprint density at radius 1 is 1.13 bits per heavy atom. The summed E-state index contributed by atoms with van der Waals surface area (Å²) in [5.41, 5.74) is 1.48. The minimum absolute atomic E-state index is 0.194. The zero-order chi connectivity index (χ0) is 21.8. The van der Waals surface area contributed by atoms with Crippen molar-refractivity contribution in [2.75, 3.05) is 19.6 Å². The van der Waals surface area contributed by atoms with Crippen LogP contribution in [0.4, 0.5) is 0 Å². The van der Waals surface area contributed by atoms with Crippen molar-refractivity contribution < 1.29 is 13.2 Å². The number of rotatable bonds is 7. The zero-order valence-electron chi connectivity index (χ0n) is 17.6. The quantitative estimate of drug-likeness (QED) is 0.542. The van der Waals surface area contributed by atoms with Crippen LogP contribution < -0.4 is 5.32 Å². The first kappa shape index (κ1) is 21.9. The first-order valence-electron chi connectivity index (χ1n) is 10.7. The summed E-state index contributed by atoms with van der Waals surface area (Å²) in [5.74, 6) is 0.368. The predicted molar refractivity (Wildman–Crippen MR) is 124 cm³/mol. The van der Waals surface area contributed by atoms with E-state index in [-0.39, 0.29) is 10.8 Å². The molecular weight excluding hydrogens is 430 g/mol. The maximum Gasteiger partial charge on any atom is 0.251 e. The fourth-order valence-electron chi connectivity index (χ4n) is 3.72. The second kappa shape index (κ2) is 9.46. The van der Waals surface area contributed by atoms with Crippen molar-refractivity contribution in [1.82, 2.24) is 14.6 Å². The third-order valence-corrected chi connectivity index (χ3v) is 8.70. The van der Waals surface area contributed by atoms with Gasteiger partial charge in [0.25, 0.3) is 5.91 Å². The number of fused-ring (bicyclic) bond motifs is 1. The number of para-hydroxylation sites is 1. The van der Waals surface area contributed by atoms with Crippen LogP contribution in [0.3, 0.4) is 0 Å². The Labute approximate surface area is 187 Å². The molecule has 0 saturated carbocycles. The zero-order valence-corrected chi connectivity index (χ0v) is 19.2. The van der Waals surface area contributed by atoms with Crippen LogP contribution in [0, 0.1) is 5.92 Å². The third-order valence-electron chi connectivity index (χ3n) is 5.69. The molecule has 1 aliphatic heterocycles. The lowest BCUT2D eigenvalue weighted by Gasteiger charge is -2.29. The molecule has 0 unspecified atom stereocenters. The lowest BCUT2D eigenvalue weighted by atomic mass is 10.0. The van der Waals surface area contributed by atoms with Gasteiger partial charge in [0, 0.05) is 31.6 Å². The van der Waals surface area contributed by atoms with Gasteiger partial charge in [-0.1, -0.05) is 19.1 Å². The Morgan fingerprint density at radius 3 is 2.55 bits per heavy atom. The second-order valence-corrected chi connectivity index (χ2v) is 11.1. The van der Waals surface area contributed by atoms with Crippen molar-refractivity contribution in [2.45, 2.75) is 37.5 Å². The van der Waals surface area contributed by atoms with E-state index in [1.807, 2.05) is 18.2 Å². The molecular formula is C23H27N3O3S2. The summed E-state index contributed by atoms with van der Waals surface area (Å²) in [5, 5.41) is 3.97. The highest BCUT2D eigenvalue weighted by molar-refractivity contribution is 7.89. The molecule has 1 amide bonds. The lowest BCUT2D eigenvalue weighted by molar-refractivity contribution is 0.0953. The van der Waals surface area contributed by atoms with E-state index in [9.17, 15) is 13.2 Å². The van der Waals surface area contributed by atoms with Crippen LogP contribution in [0.5, 0.6) is 0 Å². The smallest absolute Gasteiger partial charge is 0.251 e. The average Bonchev–Trinajstić information content (AvgIpc) is 3.20. The molecule has 0 bridgehead atoms. The van der Waals surface area contributed by atoms with Crippen molar-refractivity contribution in [1.29, 1.82) is 0 Å². The van der Waals surface area contributed by atoms with E-state index in [1.165, 1.54) is 16.8 Å². The van der Waals surface area contributed by atoms with Gasteiger partial charge in [-0.05, 0) is 61.6 Å². The number of nitrogens with zero attached hydrogens (tertiary/aromatic N) is 2. The number of amides is 1. The van der Waals surface area contributed by atoms with E-state index in [0.29, 0.717) is 31.1 Å². The van der Waals surface area contributed by atoms with Crippen LogP contribution in [-0.4, -0.2) is 43.2 Å². The molecule has 2 heterocycles. The van der Waals surface area contributed by atoms with Crippen molar-refractivity contribution in [3.8, 4) is 0 Å². The van der Waals surface area contributed by atoms with Gasteiger partial charge in [0.2, 0.25) is 10.0 Å². The molecule has 4 rings (SSSR count). The van der Waals surface area contributed by atoms with E-state index in [1.54, 1.807) is 27.8 Å². The molecule has 0 aliphatic carbocycles. The second-order valence-electron chi connectivity index (χ2n) is 8.05. The maximum absolute atomic E-state index is 12.8. The summed E-state index contributed by atoms with van der Waals surface area (Å²) in [6, 6.07) is 14.3. The number of thiazole rings is 1. The summed E-state index contributed by atoms with van der Waals surface area (Å²) in [6.45, 7) is 3.80. The van der Waals surface area contributed by atoms with Gasteiger partial charge in [0.15, 0.2) is 0 Å². The first-order valence-corrected chi connectivity index (χ1v) is 12.9. The normalized spacial score (nSPS) is 15.9. The highest BCUT2D eigenvalue weighted by Crippen LogP contribution is 2.24. The number of carbonyl (C=O) groups excluding carboxylic acids is 1. The van der Waals surface area contributed by atoms with E-state index in [4.69, 9.17) is 0 Å². The van der Waals surface area contributed by atoms with E-state index < -0.39 is 10.0 Å². The Bertz CT molecular complexity index is 1120. The van der Waals surface area contributed by atoms with Gasteiger partial charge in [-0.15, -0.1) is 11.3 Å². The Morgan fingerprint density at radius 2 is 1.84 bits per heavy atom.